The summed E-state index contributed by atoms with van der Waals surface area (Å²) in [6.45, 7) is 2.80. The van der Waals surface area contributed by atoms with Crippen LogP contribution in [0.25, 0.3) is 0 Å². The average molecular weight is 151 g/mol. The first-order valence-corrected chi connectivity index (χ1v) is 3.74. The molecule has 0 heterocycles. The second-order valence-electron chi connectivity index (χ2n) is 2.74. The third-order valence-electron chi connectivity index (χ3n) is 1.77. The van der Waals surface area contributed by atoms with Gasteiger partial charge in [-0.1, -0.05) is 29.0 Å². The van der Waals surface area contributed by atoms with E-state index in [1.807, 2.05) is 0 Å². The molecular weight excluding hydrogens is 138 g/mol. The minimum absolute atomic E-state index is 0.492. The van der Waals surface area contributed by atoms with Gasteiger partial charge in [0.1, 0.15) is 0 Å². The molecule has 0 aromatic rings. The van der Waals surface area contributed by atoms with E-state index in [9.17, 15) is 0 Å². The maximum absolute atomic E-state index is 4.89. The van der Waals surface area contributed by atoms with Crippen molar-refractivity contribution in [1.82, 2.24) is 0 Å². The van der Waals surface area contributed by atoms with E-state index in [2.05, 4.69) is 35.5 Å². The van der Waals surface area contributed by atoms with Crippen LogP contribution in [-0.2, 0) is 0 Å². The van der Waals surface area contributed by atoms with Gasteiger partial charge in [-0.05, 0) is 13.3 Å². The summed E-state index contributed by atoms with van der Waals surface area (Å²) in [6.07, 6.45) is 7.53. The molecule has 11 heavy (non-hydrogen) atoms. The molecule has 0 aromatic carbocycles. The van der Waals surface area contributed by atoms with Crippen molar-refractivity contribution in [3.05, 3.63) is 23.8 Å². The average Bonchev–Trinajstić information content (AvgIpc) is 2.04. The van der Waals surface area contributed by atoms with Crippen molar-refractivity contribution in [2.45, 2.75) is 13.3 Å². The molecule has 1 aliphatic rings. The van der Waals surface area contributed by atoms with E-state index < -0.39 is 0 Å². The van der Waals surface area contributed by atoms with Crippen LogP contribution in [0.2, 0.25) is 0 Å². The van der Waals surface area contributed by atoms with E-state index >= 15 is 0 Å². The lowest BCUT2D eigenvalue weighted by Gasteiger charge is -2.10. The van der Waals surface area contributed by atoms with Crippen LogP contribution in [0.15, 0.2) is 34.1 Å². The molecule has 1 atom stereocenters. The first kappa shape index (κ1) is 7.98. The molecule has 1 aliphatic carbocycles. The van der Waals surface area contributed by atoms with Crippen LogP contribution in [0.1, 0.15) is 13.3 Å². The highest BCUT2D eigenvalue weighted by Gasteiger charge is 2.05. The standard InChI is InChI=1S/C8H13N3/c1-7-2-4-8(5-3-7)6-10-11-9/h2-4,8H,5-6H2,1H3,(H2,9,10). The number of hydrogen-bond donors (Lipinski definition) is 1. The highest BCUT2D eigenvalue weighted by Crippen LogP contribution is 2.15. The summed E-state index contributed by atoms with van der Waals surface area (Å²) >= 11 is 0. The Morgan fingerprint density at radius 3 is 3.09 bits per heavy atom. The summed E-state index contributed by atoms with van der Waals surface area (Å²) in [5.41, 5.74) is 1.32. The summed E-state index contributed by atoms with van der Waals surface area (Å²) < 4.78 is 0. The summed E-state index contributed by atoms with van der Waals surface area (Å²) in [7, 11) is 0. The Labute approximate surface area is 66.7 Å². The lowest BCUT2D eigenvalue weighted by Crippen LogP contribution is -2.02. The molecule has 1 unspecified atom stereocenters. The zero-order chi connectivity index (χ0) is 8.10. The molecule has 3 nitrogen and oxygen atoms in total. The van der Waals surface area contributed by atoms with Gasteiger partial charge in [0.2, 0.25) is 0 Å². The zero-order valence-electron chi connectivity index (χ0n) is 6.70. The van der Waals surface area contributed by atoms with Crippen LogP contribution in [0, 0.1) is 5.92 Å². The van der Waals surface area contributed by atoms with Crippen LogP contribution in [-0.4, -0.2) is 6.54 Å². The van der Waals surface area contributed by atoms with E-state index in [0.29, 0.717) is 12.5 Å². The third kappa shape index (κ3) is 2.53. The van der Waals surface area contributed by atoms with Gasteiger partial charge in [0, 0.05) is 5.92 Å². The molecule has 0 aliphatic heterocycles. The van der Waals surface area contributed by atoms with Gasteiger partial charge in [0.15, 0.2) is 0 Å². The Balaban J connectivity index is 2.37. The van der Waals surface area contributed by atoms with Crippen LogP contribution < -0.4 is 5.84 Å². The molecular formula is C8H13N3. The topological polar surface area (TPSA) is 50.7 Å². The second kappa shape index (κ2) is 3.91. The zero-order valence-corrected chi connectivity index (χ0v) is 6.70. The lowest BCUT2D eigenvalue weighted by molar-refractivity contribution is 0.641. The maximum atomic E-state index is 4.89. The van der Waals surface area contributed by atoms with Crippen molar-refractivity contribution in [2.24, 2.45) is 22.1 Å². The van der Waals surface area contributed by atoms with Crippen molar-refractivity contribution < 1.29 is 0 Å². The Morgan fingerprint density at radius 2 is 2.55 bits per heavy atom. The molecule has 0 radical (unpaired) electrons. The van der Waals surface area contributed by atoms with Crippen LogP contribution >= 0.6 is 0 Å². The molecule has 0 saturated heterocycles. The van der Waals surface area contributed by atoms with Gasteiger partial charge >= 0.3 is 0 Å². The van der Waals surface area contributed by atoms with Gasteiger partial charge in [0.25, 0.3) is 0 Å². The van der Waals surface area contributed by atoms with E-state index in [1.165, 1.54) is 5.57 Å². The van der Waals surface area contributed by atoms with E-state index in [1.54, 1.807) is 0 Å². The number of allylic oxidation sites excluding steroid dienone is 3. The predicted molar refractivity (Wildman–Crippen MR) is 44.9 cm³/mol. The van der Waals surface area contributed by atoms with Gasteiger partial charge in [0.05, 0.1) is 6.54 Å². The highest BCUT2D eigenvalue weighted by atomic mass is 15.3. The Bertz CT molecular complexity index is 201. The normalized spacial score (nSPS) is 24.1. The largest absolute Gasteiger partial charge is 0.305 e. The Hall–Kier alpha value is -1.12. The minimum Gasteiger partial charge on any atom is -0.305 e. The smallest absolute Gasteiger partial charge is 0.0685 e. The lowest BCUT2D eigenvalue weighted by atomic mass is 9.98. The maximum Gasteiger partial charge on any atom is 0.0685 e. The molecule has 0 spiro atoms. The minimum atomic E-state index is 0.492. The molecule has 2 N–H and O–H groups in total. The van der Waals surface area contributed by atoms with Gasteiger partial charge in [-0.3, -0.25) is 0 Å². The van der Waals surface area contributed by atoms with Crippen molar-refractivity contribution in [3.8, 4) is 0 Å². The SMILES string of the molecule is CC1=CCC(CN=NN)C=C1. The second-order valence-corrected chi connectivity index (χ2v) is 2.74. The van der Waals surface area contributed by atoms with Gasteiger partial charge in [-0.25, -0.2) is 0 Å². The molecule has 0 aromatic heterocycles. The van der Waals surface area contributed by atoms with Gasteiger partial charge in [-0.15, -0.1) is 0 Å². The number of hydrogen-bond acceptors (Lipinski definition) is 2. The summed E-state index contributed by atoms with van der Waals surface area (Å²) in [5, 5.41) is 6.96. The molecule has 0 bridgehead atoms. The van der Waals surface area contributed by atoms with Gasteiger partial charge in [-0.2, -0.15) is 5.11 Å². The van der Waals surface area contributed by atoms with Crippen LogP contribution in [0.3, 0.4) is 0 Å². The summed E-state index contributed by atoms with van der Waals surface area (Å²) in [6, 6.07) is 0. The van der Waals surface area contributed by atoms with E-state index in [4.69, 9.17) is 5.84 Å². The van der Waals surface area contributed by atoms with E-state index in [-0.39, 0.29) is 0 Å². The van der Waals surface area contributed by atoms with Gasteiger partial charge < -0.3 is 5.84 Å². The van der Waals surface area contributed by atoms with Crippen molar-refractivity contribution in [3.63, 3.8) is 0 Å². The number of rotatable bonds is 2. The van der Waals surface area contributed by atoms with Crippen LogP contribution in [0.4, 0.5) is 0 Å². The molecule has 60 valence electrons. The van der Waals surface area contributed by atoms with E-state index in [0.717, 1.165) is 6.42 Å². The quantitative estimate of drug-likeness (QED) is 0.365. The first-order chi connectivity index (χ1) is 5.33. The number of nitrogens with two attached hydrogens (primary N) is 1. The Kier molecular flexibility index (Phi) is 2.83. The fourth-order valence-electron chi connectivity index (χ4n) is 1.06. The summed E-state index contributed by atoms with van der Waals surface area (Å²) in [5.74, 6) is 5.38. The monoisotopic (exact) mass is 151 g/mol. The summed E-state index contributed by atoms with van der Waals surface area (Å²) in [4.78, 5) is 0. The first-order valence-electron chi connectivity index (χ1n) is 3.74. The van der Waals surface area contributed by atoms with Crippen molar-refractivity contribution in [1.29, 1.82) is 0 Å². The van der Waals surface area contributed by atoms with Crippen molar-refractivity contribution >= 4 is 0 Å². The predicted octanol–water partition coefficient (Wildman–Crippen LogP) is 1.83. The fraction of sp³-hybridized carbons (Fsp3) is 0.500. The molecule has 1 rings (SSSR count). The van der Waals surface area contributed by atoms with Crippen molar-refractivity contribution in [2.75, 3.05) is 6.54 Å². The number of nitrogens with zero attached hydrogens (tertiary/aromatic N) is 2. The molecule has 0 saturated carbocycles. The van der Waals surface area contributed by atoms with Crippen LogP contribution in [0.5, 0.6) is 0 Å². The third-order valence-corrected chi connectivity index (χ3v) is 1.77. The fourth-order valence-corrected chi connectivity index (χ4v) is 1.06. The Morgan fingerprint density at radius 1 is 1.73 bits per heavy atom. The molecule has 0 amide bonds. The molecule has 3 heteroatoms. The highest BCUT2D eigenvalue weighted by molar-refractivity contribution is 5.21. The molecule has 0 fully saturated rings.